The SMILES string of the molecule is CC(CN1C(=O)c2cc(N)c([N+](=O)[O-])cc2C1=O)N(C)C.C[C@@H](C(N)=O)N(C)C.C[C@@H](CN)N(C)C.C[C@H](N)C(N)=O.Cl.Nc1cc2c(cc1[N+](=O)[O-])C(=O)NC2=O. The molecule has 2 aromatic rings. The van der Waals surface area contributed by atoms with E-state index in [1.807, 2.05) is 59.4 Å². The first-order valence-electron chi connectivity index (χ1n) is 17.0. The van der Waals surface area contributed by atoms with Crippen molar-refractivity contribution < 1.29 is 38.6 Å². The van der Waals surface area contributed by atoms with Crippen LogP contribution in [0.3, 0.4) is 0 Å². The molecule has 24 heteroatoms. The van der Waals surface area contributed by atoms with E-state index in [2.05, 4.69) is 17.6 Å². The van der Waals surface area contributed by atoms with Crippen molar-refractivity contribution in [1.82, 2.24) is 24.9 Å². The van der Waals surface area contributed by atoms with Crippen LogP contribution in [0.25, 0.3) is 0 Å². The molecule has 2 heterocycles. The van der Waals surface area contributed by atoms with Crippen molar-refractivity contribution in [2.24, 2.45) is 22.9 Å². The lowest BCUT2D eigenvalue weighted by Crippen LogP contribution is -2.41. The van der Waals surface area contributed by atoms with Crippen LogP contribution in [0.4, 0.5) is 22.7 Å². The summed E-state index contributed by atoms with van der Waals surface area (Å²) in [5.74, 6) is -2.96. The summed E-state index contributed by atoms with van der Waals surface area (Å²) in [5.41, 5.74) is 30.1. The zero-order chi connectivity index (χ0) is 44.8. The molecule has 0 aromatic heterocycles. The Morgan fingerprint density at radius 3 is 1.31 bits per heavy atom. The van der Waals surface area contributed by atoms with Crippen molar-refractivity contribution in [2.75, 3.05) is 66.8 Å². The largest absolute Gasteiger partial charge is 0.393 e. The number of carbonyl (C=O) groups is 6. The predicted molar refractivity (Wildman–Crippen MR) is 220 cm³/mol. The molecule has 1 unspecified atom stereocenters. The number of hydrogen-bond acceptors (Lipinski definition) is 17. The molecule has 0 fully saturated rings. The van der Waals surface area contributed by atoms with E-state index in [-0.39, 0.29) is 81.9 Å². The van der Waals surface area contributed by atoms with Gasteiger partial charge in [0.05, 0.1) is 44.2 Å². The Bertz CT molecular complexity index is 1840. The van der Waals surface area contributed by atoms with E-state index in [4.69, 9.17) is 28.7 Å². The van der Waals surface area contributed by atoms with Crippen LogP contribution in [0.15, 0.2) is 24.3 Å². The number of benzene rings is 2. The van der Waals surface area contributed by atoms with E-state index in [9.17, 15) is 49.0 Å². The van der Waals surface area contributed by atoms with E-state index in [1.54, 1.807) is 18.7 Å². The smallest absolute Gasteiger partial charge is 0.292 e. The van der Waals surface area contributed by atoms with Crippen molar-refractivity contribution in [3.05, 3.63) is 66.7 Å². The van der Waals surface area contributed by atoms with Gasteiger partial charge in [-0.3, -0.25) is 64.1 Å². The third-order valence-corrected chi connectivity index (χ3v) is 8.58. The first kappa shape index (κ1) is 54.3. The number of hydrogen-bond donors (Lipinski definition) is 7. The fraction of sp³-hybridized carbons (Fsp3) is 0.471. The van der Waals surface area contributed by atoms with Crippen molar-refractivity contribution in [1.29, 1.82) is 0 Å². The Hall–Kier alpha value is -5.85. The normalized spacial score (nSPS) is 14.3. The fourth-order valence-corrected chi connectivity index (χ4v) is 3.94. The number of rotatable bonds is 10. The first-order chi connectivity index (χ1) is 26.1. The average Bonchev–Trinajstić information content (AvgIpc) is 3.52. The number of amides is 6. The predicted octanol–water partition coefficient (Wildman–Crippen LogP) is -0.659. The number of imide groups is 2. The molecule has 2 aromatic carbocycles. The molecule has 324 valence electrons. The lowest BCUT2D eigenvalue weighted by molar-refractivity contribution is -0.384. The fourth-order valence-electron chi connectivity index (χ4n) is 3.94. The number of likely N-dealkylation sites (N-methyl/N-ethyl adjacent to an activating group) is 3. The number of anilines is 2. The van der Waals surface area contributed by atoms with Gasteiger partial charge in [-0.25, -0.2) is 0 Å². The number of nitro groups is 2. The Balaban J connectivity index is 0. The molecule has 0 aliphatic carbocycles. The Morgan fingerprint density at radius 2 is 1.03 bits per heavy atom. The minimum atomic E-state index is -0.703. The van der Waals surface area contributed by atoms with E-state index in [0.717, 1.165) is 29.6 Å². The van der Waals surface area contributed by atoms with Gasteiger partial charge in [-0.2, -0.15) is 0 Å². The number of nitrogens with two attached hydrogens (primary N) is 6. The molecule has 23 nitrogen and oxygen atoms in total. The van der Waals surface area contributed by atoms with Gasteiger partial charge in [0.2, 0.25) is 11.8 Å². The zero-order valence-corrected chi connectivity index (χ0v) is 35.0. The third-order valence-electron chi connectivity index (χ3n) is 8.58. The molecule has 0 radical (unpaired) electrons. The van der Waals surface area contributed by atoms with Crippen LogP contribution in [0.5, 0.6) is 0 Å². The van der Waals surface area contributed by atoms with Gasteiger partial charge < -0.3 is 44.2 Å². The molecule has 0 bridgehead atoms. The zero-order valence-electron chi connectivity index (χ0n) is 34.2. The molecule has 0 saturated carbocycles. The molecule has 4 rings (SSSR count). The van der Waals surface area contributed by atoms with Crippen LogP contribution >= 0.6 is 12.4 Å². The van der Waals surface area contributed by atoms with Crippen LogP contribution in [0, 0.1) is 20.2 Å². The van der Waals surface area contributed by atoms with Crippen molar-refractivity contribution in [3.8, 4) is 0 Å². The average molecular weight is 842 g/mol. The molecule has 2 aliphatic heterocycles. The summed E-state index contributed by atoms with van der Waals surface area (Å²) in [4.78, 5) is 93.8. The summed E-state index contributed by atoms with van der Waals surface area (Å²) in [5, 5.41) is 23.4. The molecule has 4 atom stereocenters. The summed E-state index contributed by atoms with van der Waals surface area (Å²) in [7, 11) is 11.4. The number of carbonyl (C=O) groups excluding carboxylic acids is 6. The van der Waals surface area contributed by atoms with Gasteiger partial charge in [0, 0.05) is 37.3 Å². The highest BCUT2D eigenvalue weighted by atomic mass is 35.5. The monoisotopic (exact) mass is 841 g/mol. The highest BCUT2D eigenvalue weighted by Gasteiger charge is 2.38. The first-order valence-corrected chi connectivity index (χ1v) is 17.0. The van der Waals surface area contributed by atoms with Gasteiger partial charge in [-0.15, -0.1) is 12.4 Å². The number of halogens is 1. The van der Waals surface area contributed by atoms with Gasteiger partial charge in [0.1, 0.15) is 11.4 Å². The van der Waals surface area contributed by atoms with Gasteiger partial charge in [0.15, 0.2) is 0 Å². The number of nitrogens with one attached hydrogen (secondary N) is 1. The number of primary amides is 2. The summed E-state index contributed by atoms with van der Waals surface area (Å²) in [6.45, 7) is 8.24. The molecular formula is C34H56ClN13O10. The van der Waals surface area contributed by atoms with Crippen LogP contribution in [-0.2, 0) is 9.59 Å². The second-order valence-electron chi connectivity index (χ2n) is 13.5. The molecule has 13 N–H and O–H groups in total. The maximum Gasteiger partial charge on any atom is 0.292 e. The Morgan fingerprint density at radius 1 is 0.690 bits per heavy atom. The standard InChI is InChI=1S/C13H16N4O4.C8H5N3O4.C5H12N2O.C5H14N2.C3H8N2O.ClH/c1-7(15(2)3)6-16-12(18)8-4-10(14)11(17(20)21)5-9(8)13(16)19;9-5-1-3-4(2-6(5)11(14)15)8(13)10-7(3)12;1-4(5(6)8)7(2)3;1-5(4-6)7(2)3;1-2(4)3(5)6;/h4-5,7H,6,14H2,1-3H3;1-2H,9H2,(H,10,12,13);4H,1-3H3,(H2,6,8);5H,4,6H2,1-3H3;2H,4H2,1H3,(H2,5,6);1H/t;;4-;5-;2-;/m..000./s1. The van der Waals surface area contributed by atoms with E-state index >= 15 is 0 Å². The number of nitrogen functional groups attached to an aromatic ring is 2. The molecular weight excluding hydrogens is 786 g/mol. The molecule has 58 heavy (non-hydrogen) atoms. The maximum atomic E-state index is 12.3. The minimum absolute atomic E-state index is 0. The molecule has 0 spiro atoms. The van der Waals surface area contributed by atoms with Gasteiger partial charge >= 0.3 is 0 Å². The second-order valence-corrected chi connectivity index (χ2v) is 13.5. The molecule has 0 saturated heterocycles. The van der Waals surface area contributed by atoms with Crippen LogP contribution < -0.4 is 39.7 Å². The lowest BCUT2D eigenvalue weighted by atomic mass is 10.1. The molecule has 2 aliphatic rings. The van der Waals surface area contributed by atoms with E-state index < -0.39 is 45.4 Å². The van der Waals surface area contributed by atoms with Gasteiger partial charge in [-0.1, -0.05) is 0 Å². The van der Waals surface area contributed by atoms with Crippen molar-refractivity contribution >= 4 is 70.6 Å². The lowest BCUT2D eigenvalue weighted by Gasteiger charge is -2.24. The minimum Gasteiger partial charge on any atom is -0.393 e. The number of fused-ring (bicyclic) bond motifs is 2. The Labute approximate surface area is 342 Å². The van der Waals surface area contributed by atoms with Crippen LogP contribution in [0.1, 0.15) is 69.1 Å². The van der Waals surface area contributed by atoms with E-state index in [1.165, 1.54) is 6.07 Å². The topological polar surface area (TPSA) is 370 Å². The van der Waals surface area contributed by atoms with Crippen LogP contribution in [0.2, 0.25) is 0 Å². The number of nitro benzene ring substituents is 2. The summed E-state index contributed by atoms with van der Waals surface area (Å²) in [6.07, 6.45) is 0. The molecule has 6 amide bonds. The van der Waals surface area contributed by atoms with Crippen molar-refractivity contribution in [3.63, 3.8) is 0 Å². The summed E-state index contributed by atoms with van der Waals surface area (Å²) < 4.78 is 0. The summed E-state index contributed by atoms with van der Waals surface area (Å²) >= 11 is 0. The van der Waals surface area contributed by atoms with Gasteiger partial charge in [0.25, 0.3) is 35.0 Å². The van der Waals surface area contributed by atoms with Gasteiger partial charge in [-0.05, 0) is 82.1 Å². The highest BCUT2D eigenvalue weighted by molar-refractivity contribution is 6.23. The quantitative estimate of drug-likeness (QED) is 0.0675. The van der Waals surface area contributed by atoms with E-state index in [0.29, 0.717) is 6.04 Å². The number of nitrogens with zero attached hydrogens (tertiary/aromatic N) is 6. The second kappa shape index (κ2) is 24.0. The third kappa shape index (κ3) is 15.6. The Kier molecular flexibility index (Phi) is 22.5. The maximum absolute atomic E-state index is 12.3. The van der Waals surface area contributed by atoms with Crippen molar-refractivity contribution in [2.45, 2.75) is 51.9 Å². The highest BCUT2D eigenvalue weighted by Crippen LogP contribution is 2.32. The van der Waals surface area contributed by atoms with Crippen LogP contribution in [-0.4, -0.2) is 144 Å². The summed E-state index contributed by atoms with van der Waals surface area (Å²) in [6, 6.07) is 4.23.